The fourth-order valence-corrected chi connectivity index (χ4v) is 5.52. The third-order valence-electron chi connectivity index (χ3n) is 7.85. The first kappa shape index (κ1) is 33.6. The summed E-state index contributed by atoms with van der Waals surface area (Å²) in [6.07, 6.45) is 1.72. The molecule has 0 spiro atoms. The Morgan fingerprint density at radius 2 is 1.35 bits per heavy atom. The second-order valence-electron chi connectivity index (χ2n) is 11.3. The van der Waals surface area contributed by atoms with Gasteiger partial charge in [0.1, 0.15) is 36.4 Å². The number of ether oxygens (including phenoxy) is 4. The van der Waals surface area contributed by atoms with Gasteiger partial charge >= 0.3 is 5.92 Å². The van der Waals surface area contributed by atoms with Crippen LogP contribution in [0, 0.1) is 0 Å². The molecule has 5 rings (SSSR count). The fraction of sp³-hybridized carbons (Fsp3) is 0.389. The molecule has 10 heteroatoms. The maximum atomic E-state index is 14.4. The zero-order chi connectivity index (χ0) is 32.2. The Morgan fingerprint density at radius 3 is 1.91 bits per heavy atom. The van der Waals surface area contributed by atoms with E-state index >= 15 is 0 Å². The number of alkyl halides is 2. The number of aliphatic hydroxyl groups is 1. The van der Waals surface area contributed by atoms with Crippen LogP contribution < -0.4 is 5.32 Å². The fourth-order valence-electron chi connectivity index (χ4n) is 5.52. The zero-order valence-corrected chi connectivity index (χ0v) is 25.9. The molecule has 2 N–H and O–H groups in total. The minimum atomic E-state index is -3.54. The van der Waals surface area contributed by atoms with Gasteiger partial charge in [0.05, 0.1) is 51.0 Å². The van der Waals surface area contributed by atoms with E-state index in [1.807, 2.05) is 91.0 Å². The quantitative estimate of drug-likeness (QED) is 0.149. The molecule has 0 saturated carbocycles. The summed E-state index contributed by atoms with van der Waals surface area (Å²) in [6, 6.07) is 29.0. The molecule has 4 aromatic rings. The average Bonchev–Trinajstić information content (AvgIpc) is 3.09. The van der Waals surface area contributed by atoms with Gasteiger partial charge in [-0.2, -0.15) is 8.78 Å². The van der Waals surface area contributed by atoms with Gasteiger partial charge in [-0.1, -0.05) is 104 Å². The summed E-state index contributed by atoms with van der Waals surface area (Å²) in [5.74, 6) is -3.42. The number of hydrogen-bond acceptors (Lipinski definition) is 8. The molecule has 1 aliphatic heterocycles. The van der Waals surface area contributed by atoms with E-state index in [0.717, 1.165) is 29.3 Å². The molecule has 8 nitrogen and oxygen atoms in total. The van der Waals surface area contributed by atoms with Gasteiger partial charge in [0.15, 0.2) is 0 Å². The first-order valence-corrected chi connectivity index (χ1v) is 15.6. The highest BCUT2D eigenvalue weighted by Crippen LogP contribution is 2.33. The van der Waals surface area contributed by atoms with Crippen molar-refractivity contribution in [3.8, 4) is 0 Å². The van der Waals surface area contributed by atoms with E-state index in [1.165, 1.54) is 6.20 Å². The van der Waals surface area contributed by atoms with Crippen molar-refractivity contribution in [3.63, 3.8) is 0 Å². The Hall–Kier alpha value is -3.80. The minimum absolute atomic E-state index is 0.120. The number of aliphatic hydroxyl groups excluding tert-OH is 1. The van der Waals surface area contributed by atoms with E-state index in [4.69, 9.17) is 18.9 Å². The van der Waals surface area contributed by atoms with Gasteiger partial charge in [-0.05, 0) is 23.1 Å². The number of halogens is 2. The molecular formula is C36H41F2N3O5. The summed E-state index contributed by atoms with van der Waals surface area (Å²) in [6.45, 7) is 1.94. The van der Waals surface area contributed by atoms with Gasteiger partial charge in [0.25, 0.3) is 0 Å². The molecule has 244 valence electrons. The number of rotatable bonds is 16. The van der Waals surface area contributed by atoms with Gasteiger partial charge in [-0.3, -0.25) is 4.98 Å². The number of nitrogens with zero attached hydrogens (tertiary/aromatic N) is 2. The third kappa shape index (κ3) is 9.14. The first-order chi connectivity index (χ1) is 22.5. The molecular weight excluding hydrogens is 592 g/mol. The van der Waals surface area contributed by atoms with Gasteiger partial charge in [-0.25, -0.2) is 4.98 Å². The standard InChI is InChI=1S/C36H41F2N3O5/c1-2-12-29-33(41-32-20-39-19-31(40-32)36(37,38)25-42)35(45-23-28-17-10-5-11-18-28)34(44-22-27-15-8-4-9-16-27)30(46-29)24-43-21-26-13-6-3-7-14-26/h3-11,13-20,29-30,33-35,42H,2,12,21-25H2,1H3,(H,40,41)/t29-,30-,33+,34+,35-/m1/s1. The lowest BCUT2D eigenvalue weighted by molar-refractivity contribution is -0.226. The number of benzene rings is 3. The van der Waals surface area contributed by atoms with Crippen molar-refractivity contribution in [2.45, 2.75) is 76.0 Å². The van der Waals surface area contributed by atoms with Gasteiger partial charge in [0, 0.05) is 0 Å². The molecule has 0 unspecified atom stereocenters. The number of hydrogen-bond donors (Lipinski definition) is 2. The molecule has 0 bridgehead atoms. The highest BCUT2D eigenvalue weighted by Gasteiger charge is 2.47. The SMILES string of the molecule is CCC[C@H]1O[C@H](COCc2ccccc2)[C@H](OCc2ccccc2)[C@H](OCc2ccccc2)[C@H]1Nc1cncc(C(F)(F)CO)n1. The Bertz CT molecular complexity index is 1450. The van der Waals surface area contributed by atoms with E-state index in [1.54, 1.807) is 0 Å². The smallest absolute Gasteiger partial charge is 0.313 e. The molecule has 3 aromatic carbocycles. The van der Waals surface area contributed by atoms with Crippen LogP contribution in [0.25, 0.3) is 0 Å². The van der Waals surface area contributed by atoms with Crippen LogP contribution in [0.1, 0.15) is 42.1 Å². The largest absolute Gasteiger partial charge is 0.390 e. The van der Waals surface area contributed by atoms with Crippen molar-refractivity contribution in [2.24, 2.45) is 0 Å². The summed E-state index contributed by atoms with van der Waals surface area (Å²) in [4.78, 5) is 8.10. The zero-order valence-electron chi connectivity index (χ0n) is 25.9. The van der Waals surface area contributed by atoms with Crippen LogP contribution in [0.15, 0.2) is 103 Å². The van der Waals surface area contributed by atoms with Crippen LogP contribution in [0.4, 0.5) is 14.6 Å². The maximum absolute atomic E-state index is 14.4. The molecule has 1 saturated heterocycles. The van der Waals surface area contributed by atoms with Crippen LogP contribution >= 0.6 is 0 Å². The van der Waals surface area contributed by atoms with E-state index < -0.39 is 48.7 Å². The lowest BCUT2D eigenvalue weighted by Gasteiger charge is -2.47. The third-order valence-corrected chi connectivity index (χ3v) is 7.85. The molecule has 0 amide bonds. The van der Waals surface area contributed by atoms with Crippen molar-refractivity contribution < 1.29 is 32.8 Å². The lowest BCUT2D eigenvalue weighted by atomic mass is 9.90. The summed E-state index contributed by atoms with van der Waals surface area (Å²) in [5, 5.41) is 12.6. The van der Waals surface area contributed by atoms with Crippen molar-refractivity contribution in [2.75, 3.05) is 18.5 Å². The highest BCUT2D eigenvalue weighted by molar-refractivity contribution is 5.36. The van der Waals surface area contributed by atoms with E-state index in [-0.39, 0.29) is 12.4 Å². The summed E-state index contributed by atoms with van der Waals surface area (Å²) in [7, 11) is 0. The van der Waals surface area contributed by atoms with Gasteiger partial charge < -0.3 is 29.4 Å². The van der Waals surface area contributed by atoms with Crippen molar-refractivity contribution in [3.05, 3.63) is 126 Å². The van der Waals surface area contributed by atoms with Gasteiger partial charge in [0.2, 0.25) is 0 Å². The van der Waals surface area contributed by atoms with E-state index in [2.05, 4.69) is 22.2 Å². The summed E-state index contributed by atoms with van der Waals surface area (Å²) >= 11 is 0. The minimum Gasteiger partial charge on any atom is -0.390 e. The Labute approximate surface area is 268 Å². The molecule has 0 aliphatic carbocycles. The second-order valence-corrected chi connectivity index (χ2v) is 11.3. The second kappa shape index (κ2) is 16.7. The first-order valence-electron chi connectivity index (χ1n) is 15.6. The monoisotopic (exact) mass is 633 g/mol. The Morgan fingerprint density at radius 1 is 0.783 bits per heavy atom. The molecule has 2 heterocycles. The van der Waals surface area contributed by atoms with Crippen LogP contribution in [-0.2, 0) is 44.7 Å². The normalized spacial score (nSPS) is 21.6. The molecule has 1 fully saturated rings. The van der Waals surface area contributed by atoms with Crippen LogP contribution in [-0.4, -0.2) is 58.7 Å². The van der Waals surface area contributed by atoms with Crippen LogP contribution in [0.5, 0.6) is 0 Å². The van der Waals surface area contributed by atoms with Crippen molar-refractivity contribution in [1.29, 1.82) is 0 Å². The Balaban J connectivity index is 1.46. The maximum Gasteiger partial charge on any atom is 0.313 e. The predicted molar refractivity (Wildman–Crippen MR) is 170 cm³/mol. The van der Waals surface area contributed by atoms with Crippen molar-refractivity contribution in [1.82, 2.24) is 9.97 Å². The molecule has 0 radical (unpaired) electrons. The van der Waals surface area contributed by atoms with Crippen molar-refractivity contribution >= 4 is 5.82 Å². The van der Waals surface area contributed by atoms with E-state index in [9.17, 15) is 13.9 Å². The van der Waals surface area contributed by atoms with Gasteiger partial charge in [-0.15, -0.1) is 0 Å². The van der Waals surface area contributed by atoms with Crippen LogP contribution in [0.2, 0.25) is 0 Å². The molecule has 46 heavy (non-hydrogen) atoms. The Kier molecular flexibility index (Phi) is 12.2. The summed E-state index contributed by atoms with van der Waals surface area (Å²) in [5.41, 5.74) is 2.37. The topological polar surface area (TPSA) is 95.0 Å². The number of anilines is 1. The summed E-state index contributed by atoms with van der Waals surface area (Å²) < 4.78 is 55.0. The predicted octanol–water partition coefficient (Wildman–Crippen LogP) is 6.30. The lowest BCUT2D eigenvalue weighted by Crippen LogP contribution is -2.62. The highest BCUT2D eigenvalue weighted by atomic mass is 19.3. The molecule has 1 aliphatic rings. The average molecular weight is 634 g/mol. The number of nitrogens with one attached hydrogen (secondary N) is 1. The molecule has 5 atom stereocenters. The molecule has 1 aromatic heterocycles. The number of aromatic nitrogens is 2. The van der Waals surface area contributed by atoms with Crippen LogP contribution in [0.3, 0.4) is 0 Å². The van der Waals surface area contributed by atoms with E-state index in [0.29, 0.717) is 26.2 Å².